The van der Waals surface area contributed by atoms with E-state index in [0.717, 1.165) is 28.2 Å². The number of nitrogens with zero attached hydrogens (tertiary/aromatic N) is 1. The van der Waals surface area contributed by atoms with Crippen molar-refractivity contribution in [2.75, 3.05) is 11.4 Å². The second kappa shape index (κ2) is 5.88. The van der Waals surface area contributed by atoms with Crippen molar-refractivity contribution in [3.63, 3.8) is 0 Å². The Labute approximate surface area is 129 Å². The second-order valence-electron chi connectivity index (χ2n) is 6.17. The maximum Gasteiger partial charge on any atom is 0.161 e. The summed E-state index contributed by atoms with van der Waals surface area (Å²) in [6.45, 7) is 2.77. The molecule has 1 saturated heterocycles. The molecule has 1 aromatic carbocycles. The first-order valence-corrected chi connectivity index (χ1v) is 8.53. The molecule has 1 saturated carbocycles. The fourth-order valence-corrected chi connectivity index (χ4v) is 4.33. The average Bonchev–Trinajstić information content (AvgIpc) is 2.46. The van der Waals surface area contributed by atoms with E-state index in [2.05, 4.69) is 33.0 Å². The zero-order chi connectivity index (χ0) is 14.1. The van der Waals surface area contributed by atoms with Crippen LogP contribution < -0.4 is 4.90 Å². The Bertz CT molecular complexity index is 512. The van der Waals surface area contributed by atoms with Crippen LogP contribution >= 0.6 is 15.9 Å². The van der Waals surface area contributed by atoms with Gasteiger partial charge in [-0.2, -0.15) is 0 Å². The zero-order valence-electron chi connectivity index (χ0n) is 12.1. The highest BCUT2D eigenvalue weighted by Crippen LogP contribution is 2.39. The lowest BCUT2D eigenvalue weighted by Gasteiger charge is -2.46. The molecule has 2 fully saturated rings. The van der Waals surface area contributed by atoms with E-state index in [0.29, 0.717) is 6.04 Å². The van der Waals surface area contributed by atoms with Crippen molar-refractivity contribution in [3.05, 3.63) is 28.2 Å². The number of benzene rings is 1. The van der Waals surface area contributed by atoms with E-state index in [4.69, 9.17) is 0 Å². The van der Waals surface area contributed by atoms with Gasteiger partial charge in [0.25, 0.3) is 0 Å². The third-order valence-electron chi connectivity index (χ3n) is 4.89. The lowest BCUT2D eigenvalue weighted by Crippen LogP contribution is -2.47. The van der Waals surface area contributed by atoms with Crippen LogP contribution in [0.1, 0.15) is 55.8 Å². The summed E-state index contributed by atoms with van der Waals surface area (Å²) in [5, 5.41) is 0. The topological polar surface area (TPSA) is 20.3 Å². The van der Waals surface area contributed by atoms with Crippen LogP contribution in [0.4, 0.5) is 5.69 Å². The molecule has 0 radical (unpaired) electrons. The molecule has 3 heteroatoms. The minimum absolute atomic E-state index is 0.166. The van der Waals surface area contributed by atoms with E-state index < -0.39 is 0 Å². The number of hydrogen-bond acceptors (Lipinski definition) is 2. The predicted octanol–water partition coefficient (Wildman–Crippen LogP) is 4.81. The van der Waals surface area contributed by atoms with E-state index >= 15 is 0 Å². The van der Waals surface area contributed by atoms with Gasteiger partial charge in [0.1, 0.15) is 0 Å². The van der Waals surface area contributed by atoms with Crippen LogP contribution in [0.15, 0.2) is 22.7 Å². The molecule has 108 valence electrons. The van der Waals surface area contributed by atoms with Crippen molar-refractivity contribution in [2.45, 2.75) is 51.5 Å². The molecule has 0 spiro atoms. The Morgan fingerprint density at radius 3 is 2.75 bits per heavy atom. The van der Waals surface area contributed by atoms with Crippen molar-refractivity contribution in [1.82, 2.24) is 0 Å². The van der Waals surface area contributed by atoms with Crippen LogP contribution in [0.3, 0.4) is 0 Å². The van der Waals surface area contributed by atoms with Gasteiger partial charge in [0, 0.05) is 28.3 Å². The van der Waals surface area contributed by atoms with E-state index in [-0.39, 0.29) is 5.78 Å². The van der Waals surface area contributed by atoms with Gasteiger partial charge in [0.2, 0.25) is 0 Å². The maximum absolute atomic E-state index is 12.0. The van der Waals surface area contributed by atoms with Crippen molar-refractivity contribution in [3.8, 4) is 0 Å². The third-order valence-corrected chi connectivity index (χ3v) is 5.38. The van der Waals surface area contributed by atoms with Gasteiger partial charge in [-0.05, 0) is 56.7 Å². The van der Waals surface area contributed by atoms with Crippen LogP contribution in [-0.4, -0.2) is 18.4 Å². The third kappa shape index (κ3) is 2.65. The standard InChI is InChI=1S/C17H22BrNO/c1-12(20)15-11-14(18)8-9-17(15)19-10-4-6-13-5-2-3-7-16(13)19/h8-9,11,13,16H,2-7,10H2,1H3. The summed E-state index contributed by atoms with van der Waals surface area (Å²) in [6.07, 6.45) is 8.01. The van der Waals surface area contributed by atoms with Gasteiger partial charge in [-0.25, -0.2) is 0 Å². The Morgan fingerprint density at radius 1 is 1.20 bits per heavy atom. The van der Waals surface area contributed by atoms with Crippen molar-refractivity contribution in [2.24, 2.45) is 5.92 Å². The molecule has 1 aliphatic heterocycles. The maximum atomic E-state index is 12.0. The second-order valence-corrected chi connectivity index (χ2v) is 7.08. The smallest absolute Gasteiger partial charge is 0.161 e. The summed E-state index contributed by atoms with van der Waals surface area (Å²) in [6, 6.07) is 6.81. The summed E-state index contributed by atoms with van der Waals surface area (Å²) in [5.74, 6) is 1.00. The largest absolute Gasteiger partial charge is 0.368 e. The predicted molar refractivity (Wildman–Crippen MR) is 86.5 cm³/mol. The molecule has 2 nitrogen and oxygen atoms in total. The number of ketones is 1. The first-order chi connectivity index (χ1) is 9.66. The van der Waals surface area contributed by atoms with Crippen molar-refractivity contribution >= 4 is 27.4 Å². The number of fused-ring (bicyclic) bond motifs is 1. The van der Waals surface area contributed by atoms with Gasteiger partial charge in [0.15, 0.2) is 5.78 Å². The Balaban J connectivity index is 1.96. The van der Waals surface area contributed by atoms with Crippen molar-refractivity contribution < 1.29 is 4.79 Å². The molecule has 0 bridgehead atoms. The van der Waals surface area contributed by atoms with Gasteiger partial charge >= 0.3 is 0 Å². The van der Waals surface area contributed by atoms with Gasteiger partial charge in [-0.1, -0.05) is 28.8 Å². The number of hydrogen-bond donors (Lipinski definition) is 0. The first kappa shape index (κ1) is 14.1. The number of anilines is 1. The molecule has 0 N–H and O–H groups in total. The average molecular weight is 336 g/mol. The molecule has 3 rings (SSSR count). The monoisotopic (exact) mass is 335 g/mol. The Kier molecular flexibility index (Phi) is 4.16. The molecular formula is C17H22BrNO. The van der Waals surface area contributed by atoms with Gasteiger partial charge in [-0.3, -0.25) is 4.79 Å². The number of carbonyl (C=O) groups is 1. The van der Waals surface area contributed by atoms with Crippen LogP contribution in [0.2, 0.25) is 0 Å². The Morgan fingerprint density at radius 2 is 1.95 bits per heavy atom. The molecule has 2 unspecified atom stereocenters. The zero-order valence-corrected chi connectivity index (χ0v) is 13.7. The summed E-state index contributed by atoms with van der Waals surface area (Å²) in [4.78, 5) is 14.5. The minimum atomic E-state index is 0.166. The van der Waals surface area contributed by atoms with Crippen LogP contribution in [-0.2, 0) is 0 Å². The SMILES string of the molecule is CC(=O)c1cc(Br)ccc1N1CCCC2CCCCC21. The van der Waals surface area contributed by atoms with Crippen molar-refractivity contribution in [1.29, 1.82) is 0 Å². The van der Waals surface area contributed by atoms with Crippen LogP contribution in [0.25, 0.3) is 0 Å². The van der Waals surface area contributed by atoms with E-state index in [1.165, 1.54) is 38.5 Å². The molecule has 2 aliphatic rings. The summed E-state index contributed by atoms with van der Waals surface area (Å²) in [7, 11) is 0. The highest BCUT2D eigenvalue weighted by atomic mass is 79.9. The van der Waals surface area contributed by atoms with Crippen LogP contribution in [0.5, 0.6) is 0 Å². The molecule has 0 amide bonds. The number of rotatable bonds is 2. The molecule has 1 aromatic rings. The molecule has 1 heterocycles. The number of halogens is 1. The van der Waals surface area contributed by atoms with E-state index in [1.54, 1.807) is 6.92 Å². The summed E-state index contributed by atoms with van der Waals surface area (Å²) >= 11 is 3.49. The van der Waals surface area contributed by atoms with Gasteiger partial charge in [0.05, 0.1) is 0 Å². The fourth-order valence-electron chi connectivity index (χ4n) is 3.96. The lowest BCUT2D eigenvalue weighted by molar-refractivity contribution is 0.101. The van der Waals surface area contributed by atoms with Gasteiger partial charge < -0.3 is 4.90 Å². The number of piperidine rings is 1. The quantitative estimate of drug-likeness (QED) is 0.722. The fraction of sp³-hybridized carbons (Fsp3) is 0.588. The van der Waals surface area contributed by atoms with E-state index in [1.807, 2.05) is 6.07 Å². The molecule has 0 aromatic heterocycles. The first-order valence-electron chi connectivity index (χ1n) is 7.74. The molecule has 1 aliphatic carbocycles. The van der Waals surface area contributed by atoms with Gasteiger partial charge in [-0.15, -0.1) is 0 Å². The molecule has 20 heavy (non-hydrogen) atoms. The lowest BCUT2D eigenvalue weighted by atomic mass is 9.78. The molecule has 2 atom stereocenters. The van der Waals surface area contributed by atoms with Crippen LogP contribution in [0, 0.1) is 5.92 Å². The Hall–Kier alpha value is -0.830. The molecular weight excluding hydrogens is 314 g/mol. The summed E-state index contributed by atoms with van der Waals surface area (Å²) < 4.78 is 0.989. The summed E-state index contributed by atoms with van der Waals surface area (Å²) in [5.41, 5.74) is 2.02. The number of Topliss-reactive ketones (excluding diaryl/α,β-unsaturated/α-hetero) is 1. The normalized spacial score (nSPS) is 26.2. The number of carbonyl (C=O) groups excluding carboxylic acids is 1. The highest BCUT2D eigenvalue weighted by Gasteiger charge is 2.34. The highest BCUT2D eigenvalue weighted by molar-refractivity contribution is 9.10. The minimum Gasteiger partial charge on any atom is -0.368 e. The van der Waals surface area contributed by atoms with E-state index in [9.17, 15) is 4.79 Å².